The van der Waals surface area contributed by atoms with Crippen LogP contribution >= 0.6 is 39.1 Å². The zero-order valence-electron chi connectivity index (χ0n) is 9.72. The minimum Gasteiger partial charge on any atom is -0.377 e. The molecule has 0 heterocycles. The quantitative estimate of drug-likeness (QED) is 0.451. The number of rotatable bonds is 8. The van der Waals surface area contributed by atoms with Gasteiger partial charge in [0, 0.05) is 27.5 Å². The van der Waals surface area contributed by atoms with E-state index >= 15 is 0 Å². The molecule has 0 bridgehead atoms. The molecule has 0 aliphatic heterocycles. The van der Waals surface area contributed by atoms with Crippen LogP contribution < -0.4 is 0 Å². The summed E-state index contributed by atoms with van der Waals surface area (Å²) in [6.45, 7) is 1.26. The van der Waals surface area contributed by atoms with E-state index in [9.17, 15) is 0 Å². The van der Waals surface area contributed by atoms with Gasteiger partial charge < -0.3 is 4.74 Å². The molecule has 17 heavy (non-hydrogen) atoms. The summed E-state index contributed by atoms with van der Waals surface area (Å²) in [6, 6.07) is 5.51. The van der Waals surface area contributed by atoms with E-state index in [0.717, 1.165) is 23.9 Å². The minimum absolute atomic E-state index is 0.497. The van der Waals surface area contributed by atoms with Gasteiger partial charge in [-0.05, 0) is 25.0 Å². The molecule has 0 radical (unpaired) electrons. The first kappa shape index (κ1) is 15.3. The highest BCUT2D eigenvalue weighted by Gasteiger charge is 2.04. The fraction of sp³-hybridized carbons (Fsp3) is 0.538. The minimum atomic E-state index is 0.497. The van der Waals surface area contributed by atoms with Crippen LogP contribution in [-0.4, -0.2) is 11.9 Å². The molecule has 96 valence electrons. The highest BCUT2D eigenvalue weighted by molar-refractivity contribution is 9.09. The molecule has 0 N–H and O–H groups in total. The first-order valence-corrected chi connectivity index (χ1v) is 7.70. The number of hydrogen-bond acceptors (Lipinski definition) is 1. The van der Waals surface area contributed by atoms with Gasteiger partial charge >= 0.3 is 0 Å². The van der Waals surface area contributed by atoms with Gasteiger partial charge in [0.15, 0.2) is 0 Å². The van der Waals surface area contributed by atoms with Crippen LogP contribution in [0.15, 0.2) is 18.2 Å². The van der Waals surface area contributed by atoms with Gasteiger partial charge in [0.25, 0.3) is 0 Å². The first-order valence-electron chi connectivity index (χ1n) is 5.82. The van der Waals surface area contributed by atoms with Crippen molar-refractivity contribution in [2.75, 3.05) is 11.9 Å². The summed E-state index contributed by atoms with van der Waals surface area (Å²) in [6.07, 6.45) is 4.79. The topological polar surface area (TPSA) is 9.23 Å². The van der Waals surface area contributed by atoms with Gasteiger partial charge in [-0.3, -0.25) is 0 Å². The molecule has 0 aliphatic carbocycles. The van der Waals surface area contributed by atoms with Gasteiger partial charge in [-0.1, -0.05) is 58.0 Å². The molecule has 1 rings (SSSR count). The van der Waals surface area contributed by atoms with Gasteiger partial charge in [-0.2, -0.15) is 0 Å². The Morgan fingerprint density at radius 3 is 2.29 bits per heavy atom. The van der Waals surface area contributed by atoms with Crippen molar-refractivity contribution in [1.29, 1.82) is 0 Å². The van der Waals surface area contributed by atoms with E-state index in [1.54, 1.807) is 0 Å². The maximum atomic E-state index is 6.04. The van der Waals surface area contributed by atoms with Crippen LogP contribution in [-0.2, 0) is 11.3 Å². The molecule has 0 unspecified atom stereocenters. The number of halogens is 3. The Bertz CT molecular complexity index is 311. The fourth-order valence-corrected chi connectivity index (χ4v) is 2.40. The van der Waals surface area contributed by atoms with E-state index < -0.39 is 0 Å². The van der Waals surface area contributed by atoms with E-state index in [1.165, 1.54) is 19.3 Å². The van der Waals surface area contributed by atoms with Crippen molar-refractivity contribution in [2.45, 2.75) is 32.3 Å². The lowest BCUT2D eigenvalue weighted by atomic mass is 10.2. The number of ether oxygens (including phenoxy) is 1. The predicted molar refractivity (Wildman–Crippen MR) is 78.4 cm³/mol. The maximum absolute atomic E-state index is 6.04. The van der Waals surface area contributed by atoms with Crippen molar-refractivity contribution in [1.82, 2.24) is 0 Å². The van der Waals surface area contributed by atoms with Crippen molar-refractivity contribution < 1.29 is 4.74 Å². The van der Waals surface area contributed by atoms with Crippen molar-refractivity contribution in [3.8, 4) is 0 Å². The van der Waals surface area contributed by atoms with Crippen LogP contribution in [0, 0.1) is 0 Å². The van der Waals surface area contributed by atoms with Crippen LogP contribution in [0.1, 0.15) is 31.2 Å². The molecule has 0 aromatic heterocycles. The number of benzene rings is 1. The Morgan fingerprint density at radius 2 is 1.65 bits per heavy atom. The number of hydrogen-bond donors (Lipinski definition) is 0. The third-order valence-corrected chi connectivity index (χ3v) is 3.75. The van der Waals surface area contributed by atoms with Gasteiger partial charge in [0.05, 0.1) is 6.61 Å². The molecule has 0 saturated carbocycles. The Morgan fingerprint density at radius 1 is 1.00 bits per heavy atom. The molecule has 0 fully saturated rings. The average molecular weight is 340 g/mol. The summed E-state index contributed by atoms with van der Waals surface area (Å²) in [5.41, 5.74) is 0.885. The molecular formula is C13H17BrCl2O. The van der Waals surface area contributed by atoms with Gasteiger partial charge in [-0.25, -0.2) is 0 Å². The Balaban J connectivity index is 2.18. The van der Waals surface area contributed by atoms with E-state index in [2.05, 4.69) is 15.9 Å². The summed E-state index contributed by atoms with van der Waals surface area (Å²) >= 11 is 15.5. The summed E-state index contributed by atoms with van der Waals surface area (Å²) in [5.74, 6) is 0. The van der Waals surface area contributed by atoms with Gasteiger partial charge in [-0.15, -0.1) is 0 Å². The second kappa shape index (κ2) is 9.21. The Kier molecular flexibility index (Phi) is 8.29. The molecule has 4 heteroatoms. The largest absolute Gasteiger partial charge is 0.377 e. The summed E-state index contributed by atoms with van der Waals surface area (Å²) in [7, 11) is 0. The molecule has 1 nitrogen and oxygen atoms in total. The van der Waals surface area contributed by atoms with E-state index in [0.29, 0.717) is 16.7 Å². The summed E-state index contributed by atoms with van der Waals surface area (Å²) in [5, 5.41) is 2.44. The summed E-state index contributed by atoms with van der Waals surface area (Å²) < 4.78 is 5.58. The second-order valence-electron chi connectivity index (χ2n) is 3.86. The SMILES string of the molecule is Clc1cccc(Cl)c1COCCCCCCBr. The smallest absolute Gasteiger partial charge is 0.0746 e. The zero-order chi connectivity index (χ0) is 12.5. The standard InChI is InChI=1S/C13H17BrCl2O/c14-8-3-1-2-4-9-17-10-11-12(15)6-5-7-13(11)16/h5-7H,1-4,8-10H2. The van der Waals surface area contributed by atoms with Gasteiger partial charge in [0.2, 0.25) is 0 Å². The Labute approximate surface area is 122 Å². The molecule has 0 atom stereocenters. The zero-order valence-corrected chi connectivity index (χ0v) is 12.8. The average Bonchev–Trinajstić information content (AvgIpc) is 2.31. The monoisotopic (exact) mass is 338 g/mol. The lowest BCUT2D eigenvalue weighted by Gasteiger charge is -2.07. The highest BCUT2D eigenvalue weighted by Crippen LogP contribution is 2.24. The van der Waals surface area contributed by atoms with Crippen LogP contribution in [0.2, 0.25) is 10.0 Å². The molecule has 0 spiro atoms. The van der Waals surface area contributed by atoms with E-state index in [4.69, 9.17) is 27.9 Å². The third-order valence-electron chi connectivity index (χ3n) is 2.48. The van der Waals surface area contributed by atoms with Crippen molar-refractivity contribution in [3.63, 3.8) is 0 Å². The van der Waals surface area contributed by atoms with Crippen LogP contribution in [0.3, 0.4) is 0 Å². The number of alkyl halides is 1. The lowest BCUT2D eigenvalue weighted by Crippen LogP contribution is -1.97. The Hall–Kier alpha value is 0.240. The second-order valence-corrected chi connectivity index (χ2v) is 5.46. The van der Waals surface area contributed by atoms with E-state index in [1.807, 2.05) is 18.2 Å². The molecule has 1 aromatic rings. The van der Waals surface area contributed by atoms with Crippen molar-refractivity contribution in [3.05, 3.63) is 33.8 Å². The van der Waals surface area contributed by atoms with Crippen molar-refractivity contribution >= 4 is 39.1 Å². The number of unbranched alkanes of at least 4 members (excludes halogenated alkanes) is 3. The van der Waals surface area contributed by atoms with Crippen LogP contribution in [0.4, 0.5) is 0 Å². The molecule has 1 aromatic carbocycles. The highest BCUT2D eigenvalue weighted by atomic mass is 79.9. The fourth-order valence-electron chi connectivity index (χ4n) is 1.50. The molecule has 0 aliphatic rings. The normalized spacial score (nSPS) is 10.8. The molecule has 0 saturated heterocycles. The maximum Gasteiger partial charge on any atom is 0.0746 e. The molecule has 0 amide bonds. The summed E-state index contributed by atoms with van der Waals surface area (Å²) in [4.78, 5) is 0. The van der Waals surface area contributed by atoms with Crippen molar-refractivity contribution in [2.24, 2.45) is 0 Å². The third kappa shape index (κ3) is 6.10. The molecular weight excluding hydrogens is 323 g/mol. The van der Waals surface area contributed by atoms with Crippen LogP contribution in [0.25, 0.3) is 0 Å². The van der Waals surface area contributed by atoms with E-state index in [-0.39, 0.29) is 0 Å². The van der Waals surface area contributed by atoms with Crippen LogP contribution in [0.5, 0.6) is 0 Å². The lowest BCUT2D eigenvalue weighted by molar-refractivity contribution is 0.117. The van der Waals surface area contributed by atoms with Gasteiger partial charge in [0.1, 0.15) is 0 Å². The first-order chi connectivity index (χ1) is 8.25. The predicted octanol–water partition coefficient (Wildman–Crippen LogP) is 5.47.